The first-order valence-electron chi connectivity index (χ1n) is 8.09. The lowest BCUT2D eigenvalue weighted by molar-refractivity contribution is 0.0954. The molecule has 0 heterocycles. The van der Waals surface area contributed by atoms with Crippen molar-refractivity contribution in [3.63, 3.8) is 0 Å². The standard InChI is InChI=1S/C19H21BrN2O5/c1-5-27-15-7-6-13(10-16(15)24-2)19(23)22-21-11-12-8-14(20)18(26-4)17(9-12)25-3/h6-11H,5H2,1-4H3,(H,22,23)/b21-11+. The number of hydrazone groups is 1. The van der Waals surface area contributed by atoms with E-state index in [0.29, 0.717) is 39.6 Å². The van der Waals surface area contributed by atoms with Crippen LogP contribution in [0.4, 0.5) is 0 Å². The van der Waals surface area contributed by atoms with Crippen LogP contribution in [0.2, 0.25) is 0 Å². The van der Waals surface area contributed by atoms with Crippen molar-refractivity contribution < 1.29 is 23.7 Å². The van der Waals surface area contributed by atoms with Gasteiger partial charge in [-0.15, -0.1) is 0 Å². The fourth-order valence-corrected chi connectivity index (χ4v) is 2.95. The predicted octanol–water partition coefficient (Wildman–Crippen LogP) is 3.64. The molecular formula is C19H21BrN2O5. The fourth-order valence-electron chi connectivity index (χ4n) is 2.33. The normalized spacial score (nSPS) is 10.6. The van der Waals surface area contributed by atoms with E-state index in [2.05, 4.69) is 26.5 Å². The summed E-state index contributed by atoms with van der Waals surface area (Å²) in [6, 6.07) is 8.48. The van der Waals surface area contributed by atoms with Crippen molar-refractivity contribution in [2.24, 2.45) is 5.10 Å². The first-order valence-corrected chi connectivity index (χ1v) is 8.89. The number of rotatable bonds is 8. The van der Waals surface area contributed by atoms with E-state index in [-0.39, 0.29) is 5.91 Å². The van der Waals surface area contributed by atoms with Crippen molar-refractivity contribution in [3.05, 3.63) is 45.9 Å². The quantitative estimate of drug-likeness (QED) is 0.504. The van der Waals surface area contributed by atoms with Crippen molar-refractivity contribution in [2.45, 2.75) is 6.92 Å². The number of amides is 1. The smallest absolute Gasteiger partial charge is 0.271 e. The second-order valence-corrected chi connectivity index (χ2v) is 6.09. The number of benzene rings is 2. The van der Waals surface area contributed by atoms with Gasteiger partial charge in [0.1, 0.15) is 0 Å². The molecule has 0 aliphatic carbocycles. The van der Waals surface area contributed by atoms with Gasteiger partial charge in [0.15, 0.2) is 23.0 Å². The van der Waals surface area contributed by atoms with Crippen molar-refractivity contribution in [2.75, 3.05) is 27.9 Å². The Morgan fingerprint density at radius 1 is 1.07 bits per heavy atom. The zero-order chi connectivity index (χ0) is 19.8. The third kappa shape index (κ3) is 5.13. The largest absolute Gasteiger partial charge is 0.493 e. The molecule has 0 aromatic heterocycles. The lowest BCUT2D eigenvalue weighted by Crippen LogP contribution is -2.17. The topological polar surface area (TPSA) is 78.4 Å². The molecule has 144 valence electrons. The zero-order valence-electron chi connectivity index (χ0n) is 15.5. The molecule has 0 aliphatic heterocycles. The van der Waals surface area contributed by atoms with Gasteiger partial charge in [-0.25, -0.2) is 5.43 Å². The number of carbonyl (C=O) groups excluding carboxylic acids is 1. The minimum absolute atomic E-state index is 0.368. The Hall–Kier alpha value is -2.74. The Morgan fingerprint density at radius 2 is 1.81 bits per heavy atom. The summed E-state index contributed by atoms with van der Waals surface area (Å²) in [7, 11) is 4.63. The van der Waals surface area contributed by atoms with Crippen LogP contribution in [-0.4, -0.2) is 40.1 Å². The first kappa shape index (κ1) is 20.6. The van der Waals surface area contributed by atoms with Gasteiger partial charge in [0.05, 0.1) is 38.6 Å². The van der Waals surface area contributed by atoms with Gasteiger partial charge in [-0.2, -0.15) is 5.10 Å². The summed E-state index contributed by atoms with van der Waals surface area (Å²) in [4.78, 5) is 12.3. The van der Waals surface area contributed by atoms with Crippen molar-refractivity contribution in [1.29, 1.82) is 0 Å². The zero-order valence-corrected chi connectivity index (χ0v) is 17.1. The molecule has 1 amide bonds. The molecule has 2 aromatic carbocycles. The van der Waals surface area contributed by atoms with E-state index in [1.807, 2.05) is 6.92 Å². The monoisotopic (exact) mass is 436 g/mol. The van der Waals surface area contributed by atoms with Crippen LogP contribution in [0.15, 0.2) is 39.9 Å². The number of nitrogens with zero attached hydrogens (tertiary/aromatic N) is 1. The molecule has 0 bridgehead atoms. The highest BCUT2D eigenvalue weighted by molar-refractivity contribution is 9.10. The number of halogens is 1. The highest BCUT2D eigenvalue weighted by atomic mass is 79.9. The minimum Gasteiger partial charge on any atom is -0.493 e. The van der Waals surface area contributed by atoms with Crippen LogP contribution in [0.25, 0.3) is 0 Å². The van der Waals surface area contributed by atoms with Gasteiger partial charge in [0.25, 0.3) is 5.91 Å². The highest BCUT2D eigenvalue weighted by Crippen LogP contribution is 2.35. The van der Waals surface area contributed by atoms with Crippen molar-refractivity contribution in [3.8, 4) is 23.0 Å². The maximum atomic E-state index is 12.3. The molecule has 0 unspecified atom stereocenters. The third-order valence-electron chi connectivity index (χ3n) is 3.56. The van der Waals surface area contributed by atoms with E-state index in [0.717, 1.165) is 5.56 Å². The Kier molecular flexibility index (Phi) is 7.48. The molecule has 0 aliphatic rings. The molecule has 27 heavy (non-hydrogen) atoms. The number of carbonyl (C=O) groups is 1. The third-order valence-corrected chi connectivity index (χ3v) is 4.15. The van der Waals surface area contributed by atoms with Crippen LogP contribution in [0.3, 0.4) is 0 Å². The Balaban J connectivity index is 2.12. The second-order valence-electron chi connectivity index (χ2n) is 5.24. The molecular weight excluding hydrogens is 416 g/mol. The molecule has 1 N–H and O–H groups in total. The van der Waals surface area contributed by atoms with Crippen LogP contribution in [0, 0.1) is 0 Å². The van der Waals surface area contributed by atoms with E-state index >= 15 is 0 Å². The fraction of sp³-hybridized carbons (Fsp3) is 0.263. The van der Waals surface area contributed by atoms with Gasteiger partial charge in [-0.3, -0.25) is 4.79 Å². The maximum Gasteiger partial charge on any atom is 0.271 e. The maximum absolute atomic E-state index is 12.3. The summed E-state index contributed by atoms with van der Waals surface area (Å²) in [5.74, 6) is 1.83. The van der Waals surface area contributed by atoms with Crippen LogP contribution >= 0.6 is 15.9 Å². The molecule has 8 heteroatoms. The Morgan fingerprint density at radius 3 is 2.44 bits per heavy atom. The molecule has 7 nitrogen and oxygen atoms in total. The van der Waals surface area contributed by atoms with Crippen LogP contribution in [-0.2, 0) is 0 Å². The van der Waals surface area contributed by atoms with Crippen molar-refractivity contribution >= 4 is 28.1 Å². The molecule has 0 saturated carbocycles. The van der Waals surface area contributed by atoms with Crippen LogP contribution in [0.5, 0.6) is 23.0 Å². The number of nitrogens with one attached hydrogen (secondary N) is 1. The molecule has 2 rings (SSSR count). The van der Waals surface area contributed by atoms with Crippen LogP contribution < -0.4 is 24.4 Å². The lowest BCUT2D eigenvalue weighted by Gasteiger charge is -2.10. The molecule has 0 spiro atoms. The average Bonchev–Trinajstić information content (AvgIpc) is 2.67. The number of ether oxygens (including phenoxy) is 4. The van der Waals surface area contributed by atoms with Gasteiger partial charge in [-0.05, 0) is 58.7 Å². The molecule has 0 fully saturated rings. The van der Waals surface area contributed by atoms with E-state index in [1.54, 1.807) is 44.6 Å². The van der Waals surface area contributed by atoms with Gasteiger partial charge in [0.2, 0.25) is 0 Å². The van der Waals surface area contributed by atoms with Gasteiger partial charge in [-0.1, -0.05) is 0 Å². The number of hydrogen-bond donors (Lipinski definition) is 1. The average molecular weight is 437 g/mol. The van der Waals surface area contributed by atoms with Crippen LogP contribution in [0.1, 0.15) is 22.8 Å². The predicted molar refractivity (Wildman–Crippen MR) is 106 cm³/mol. The minimum atomic E-state index is -0.368. The van der Waals surface area contributed by atoms with Gasteiger partial charge in [0, 0.05) is 5.56 Å². The summed E-state index contributed by atoms with van der Waals surface area (Å²) in [5.41, 5.74) is 3.61. The second kappa shape index (κ2) is 9.82. The van der Waals surface area contributed by atoms with E-state index < -0.39 is 0 Å². The summed E-state index contributed by atoms with van der Waals surface area (Å²) >= 11 is 3.41. The van der Waals surface area contributed by atoms with E-state index in [1.165, 1.54) is 13.3 Å². The van der Waals surface area contributed by atoms with E-state index in [9.17, 15) is 4.79 Å². The first-order chi connectivity index (χ1) is 13.0. The summed E-state index contributed by atoms with van der Waals surface area (Å²) in [6.07, 6.45) is 1.51. The summed E-state index contributed by atoms with van der Waals surface area (Å²) in [5, 5.41) is 3.99. The summed E-state index contributed by atoms with van der Waals surface area (Å²) in [6.45, 7) is 2.38. The molecule has 0 radical (unpaired) electrons. The van der Waals surface area contributed by atoms with E-state index in [4.69, 9.17) is 18.9 Å². The van der Waals surface area contributed by atoms with Gasteiger partial charge >= 0.3 is 0 Å². The molecule has 0 atom stereocenters. The number of methoxy groups -OCH3 is 3. The molecule has 0 saturated heterocycles. The highest BCUT2D eigenvalue weighted by Gasteiger charge is 2.11. The van der Waals surface area contributed by atoms with Gasteiger partial charge < -0.3 is 18.9 Å². The Labute approximate surface area is 166 Å². The summed E-state index contributed by atoms with van der Waals surface area (Å²) < 4.78 is 21.9. The van der Waals surface area contributed by atoms with Crippen molar-refractivity contribution in [1.82, 2.24) is 5.43 Å². The Bertz CT molecular complexity index is 839. The molecule has 2 aromatic rings. The SMILES string of the molecule is CCOc1ccc(C(=O)N/N=C/c2cc(Br)c(OC)c(OC)c2)cc1OC. The lowest BCUT2D eigenvalue weighted by atomic mass is 10.2. The number of hydrogen-bond acceptors (Lipinski definition) is 6.